The Labute approximate surface area is 151 Å². The first-order valence-corrected chi connectivity index (χ1v) is 9.65. The number of hydrogen-bond acceptors (Lipinski definition) is 3. The number of carbonyl (C=O) groups excluding carboxylic acids is 1. The van der Waals surface area contributed by atoms with Crippen LogP contribution >= 0.6 is 11.8 Å². The largest absolute Gasteiger partial charge is 0.325 e. The maximum Gasteiger partial charge on any atom is 0.242 e. The van der Waals surface area contributed by atoms with E-state index >= 15 is 0 Å². The Morgan fingerprint density at radius 2 is 1.58 bits per heavy atom. The first-order valence-electron chi connectivity index (χ1n) is 8.66. The number of carbonyl (C=O) groups is 1. The molecule has 1 amide bonds. The number of thioether (sulfide) groups is 1. The normalized spacial score (nSPS) is 20.9. The van der Waals surface area contributed by atoms with Crippen molar-refractivity contribution >= 4 is 23.4 Å². The standard InChI is InChI=1S/C20H32N2OS/c1-18(2,3)13-9-14(19(4,5)6)11-15(10-13)21-17(23)16-12-24-20(7,8)22-16/h9-11,16,22H,12H2,1-8H3,(H,21,23)/t16-/m1/s1. The van der Waals surface area contributed by atoms with Crippen LogP contribution in [0.3, 0.4) is 0 Å². The lowest BCUT2D eigenvalue weighted by molar-refractivity contribution is -0.117. The van der Waals surface area contributed by atoms with Gasteiger partial charge in [-0.05, 0) is 47.9 Å². The average Bonchev–Trinajstić information content (AvgIpc) is 2.77. The van der Waals surface area contributed by atoms with Gasteiger partial charge in [0.1, 0.15) is 0 Å². The van der Waals surface area contributed by atoms with E-state index in [-0.39, 0.29) is 27.6 Å². The third kappa shape index (κ3) is 4.76. The van der Waals surface area contributed by atoms with Gasteiger partial charge in [-0.15, -0.1) is 11.8 Å². The number of hydrogen-bond donors (Lipinski definition) is 2. The van der Waals surface area contributed by atoms with Crippen molar-refractivity contribution in [1.82, 2.24) is 5.32 Å². The van der Waals surface area contributed by atoms with Crippen LogP contribution in [0.4, 0.5) is 5.69 Å². The van der Waals surface area contributed by atoms with Gasteiger partial charge in [0, 0.05) is 11.4 Å². The molecule has 2 N–H and O–H groups in total. The number of anilines is 1. The molecule has 0 bridgehead atoms. The van der Waals surface area contributed by atoms with E-state index in [2.05, 4.69) is 84.2 Å². The summed E-state index contributed by atoms with van der Waals surface area (Å²) in [5, 5.41) is 6.52. The molecule has 2 rings (SSSR count). The van der Waals surface area contributed by atoms with Crippen molar-refractivity contribution in [3.8, 4) is 0 Å². The molecule has 1 aliphatic heterocycles. The van der Waals surface area contributed by atoms with Crippen LogP contribution in [0.5, 0.6) is 0 Å². The van der Waals surface area contributed by atoms with E-state index in [1.807, 2.05) is 0 Å². The molecule has 0 spiro atoms. The summed E-state index contributed by atoms with van der Waals surface area (Å²) in [6.45, 7) is 17.5. The third-order valence-corrected chi connectivity index (χ3v) is 5.72. The molecular formula is C20H32N2OS. The zero-order valence-electron chi connectivity index (χ0n) is 16.3. The highest BCUT2D eigenvalue weighted by atomic mass is 32.2. The fourth-order valence-electron chi connectivity index (χ4n) is 2.73. The number of amides is 1. The highest BCUT2D eigenvalue weighted by molar-refractivity contribution is 8.00. The first-order chi connectivity index (χ1) is 10.8. The molecule has 0 aromatic heterocycles. The smallest absolute Gasteiger partial charge is 0.242 e. The summed E-state index contributed by atoms with van der Waals surface area (Å²) in [6.07, 6.45) is 0. The molecule has 0 saturated carbocycles. The van der Waals surface area contributed by atoms with Crippen molar-refractivity contribution in [3.05, 3.63) is 29.3 Å². The van der Waals surface area contributed by atoms with Crippen molar-refractivity contribution in [3.63, 3.8) is 0 Å². The van der Waals surface area contributed by atoms with Crippen LogP contribution < -0.4 is 10.6 Å². The van der Waals surface area contributed by atoms with E-state index in [1.165, 1.54) is 11.1 Å². The molecule has 1 aromatic rings. The molecule has 0 aliphatic carbocycles. The SMILES string of the molecule is CC1(C)N[C@@H](C(=O)Nc2cc(C(C)(C)C)cc(C(C)(C)C)c2)CS1. The molecular weight excluding hydrogens is 316 g/mol. The van der Waals surface area contributed by atoms with Crippen LogP contribution in [0.15, 0.2) is 18.2 Å². The molecule has 3 nitrogen and oxygen atoms in total. The van der Waals surface area contributed by atoms with Crippen molar-refractivity contribution in [1.29, 1.82) is 0 Å². The van der Waals surface area contributed by atoms with Crippen LogP contribution in [0.25, 0.3) is 0 Å². The Balaban J connectivity index is 2.28. The summed E-state index contributed by atoms with van der Waals surface area (Å²) in [5.74, 6) is 0.864. The Bertz CT molecular complexity index is 591. The molecule has 1 saturated heterocycles. The van der Waals surface area contributed by atoms with Crippen LogP contribution in [0.2, 0.25) is 0 Å². The van der Waals surface area contributed by atoms with Crippen LogP contribution in [-0.4, -0.2) is 22.6 Å². The second-order valence-electron chi connectivity index (χ2n) is 9.31. The Morgan fingerprint density at radius 3 is 1.96 bits per heavy atom. The Kier molecular flexibility index (Phi) is 5.14. The molecule has 1 atom stereocenters. The topological polar surface area (TPSA) is 41.1 Å². The minimum Gasteiger partial charge on any atom is -0.325 e. The molecule has 4 heteroatoms. The molecule has 0 radical (unpaired) electrons. The van der Waals surface area contributed by atoms with Crippen molar-refractivity contribution in [2.75, 3.05) is 11.1 Å². The maximum atomic E-state index is 12.6. The van der Waals surface area contributed by atoms with Gasteiger partial charge in [-0.2, -0.15) is 0 Å². The first kappa shape index (κ1) is 19.3. The fourth-order valence-corrected chi connectivity index (χ4v) is 3.77. The van der Waals surface area contributed by atoms with Gasteiger partial charge in [-0.3, -0.25) is 10.1 Å². The monoisotopic (exact) mass is 348 g/mol. The number of benzene rings is 1. The van der Waals surface area contributed by atoms with E-state index in [1.54, 1.807) is 11.8 Å². The van der Waals surface area contributed by atoms with E-state index in [0.717, 1.165) is 11.4 Å². The van der Waals surface area contributed by atoms with Crippen LogP contribution in [-0.2, 0) is 15.6 Å². The van der Waals surface area contributed by atoms with Gasteiger partial charge in [0.05, 0.1) is 10.9 Å². The van der Waals surface area contributed by atoms with Crippen molar-refractivity contribution < 1.29 is 4.79 Å². The van der Waals surface area contributed by atoms with Gasteiger partial charge in [-0.25, -0.2) is 0 Å². The molecule has 1 fully saturated rings. The van der Waals surface area contributed by atoms with Gasteiger partial charge < -0.3 is 5.32 Å². The molecule has 134 valence electrons. The lowest BCUT2D eigenvalue weighted by Gasteiger charge is -2.26. The summed E-state index contributed by atoms with van der Waals surface area (Å²) < 4.78 is 0. The molecule has 1 heterocycles. The third-order valence-electron chi connectivity index (χ3n) is 4.38. The summed E-state index contributed by atoms with van der Waals surface area (Å²) >= 11 is 1.79. The van der Waals surface area contributed by atoms with Gasteiger partial charge in [0.2, 0.25) is 5.91 Å². The molecule has 1 aliphatic rings. The fraction of sp³-hybridized carbons (Fsp3) is 0.650. The second kappa shape index (κ2) is 6.38. The van der Waals surface area contributed by atoms with Crippen molar-refractivity contribution in [2.45, 2.75) is 77.1 Å². The highest BCUT2D eigenvalue weighted by Crippen LogP contribution is 2.33. The van der Waals surface area contributed by atoms with Crippen molar-refractivity contribution in [2.24, 2.45) is 0 Å². The quantitative estimate of drug-likeness (QED) is 0.816. The summed E-state index contributed by atoms with van der Waals surface area (Å²) in [7, 11) is 0. The average molecular weight is 349 g/mol. The number of nitrogens with one attached hydrogen (secondary N) is 2. The van der Waals surface area contributed by atoms with Crippen LogP contribution in [0, 0.1) is 0 Å². The van der Waals surface area contributed by atoms with Gasteiger partial charge in [0.25, 0.3) is 0 Å². The lowest BCUT2D eigenvalue weighted by atomic mass is 9.80. The van der Waals surface area contributed by atoms with E-state index in [9.17, 15) is 4.79 Å². The van der Waals surface area contributed by atoms with Crippen LogP contribution in [0.1, 0.15) is 66.5 Å². The Hall–Kier alpha value is -1.00. The van der Waals surface area contributed by atoms with Gasteiger partial charge in [0.15, 0.2) is 0 Å². The van der Waals surface area contributed by atoms with E-state index < -0.39 is 0 Å². The molecule has 24 heavy (non-hydrogen) atoms. The zero-order valence-corrected chi connectivity index (χ0v) is 17.1. The predicted octanol–water partition coefficient (Wildman–Crippen LogP) is 4.66. The maximum absolute atomic E-state index is 12.6. The minimum atomic E-state index is -0.138. The minimum absolute atomic E-state index is 0.0359. The second-order valence-corrected chi connectivity index (χ2v) is 10.9. The molecule has 0 unspecified atom stereocenters. The van der Waals surface area contributed by atoms with Gasteiger partial charge >= 0.3 is 0 Å². The van der Waals surface area contributed by atoms with E-state index in [0.29, 0.717) is 0 Å². The summed E-state index contributed by atoms with van der Waals surface area (Å²) in [4.78, 5) is 12.6. The highest BCUT2D eigenvalue weighted by Gasteiger charge is 2.35. The number of rotatable bonds is 2. The lowest BCUT2D eigenvalue weighted by Crippen LogP contribution is -2.44. The summed E-state index contributed by atoms with van der Waals surface area (Å²) in [5.41, 5.74) is 3.49. The molecule has 1 aromatic carbocycles. The van der Waals surface area contributed by atoms with Gasteiger partial charge in [-0.1, -0.05) is 47.6 Å². The zero-order chi connectivity index (χ0) is 18.3. The summed E-state index contributed by atoms with van der Waals surface area (Å²) in [6, 6.07) is 6.35. The van der Waals surface area contributed by atoms with E-state index in [4.69, 9.17) is 0 Å². The Morgan fingerprint density at radius 1 is 1.08 bits per heavy atom. The predicted molar refractivity (Wildman–Crippen MR) is 106 cm³/mol.